The average molecular weight is 257 g/mol. The molecule has 2 N–H and O–H groups in total. The Bertz CT molecular complexity index is 456. The summed E-state index contributed by atoms with van der Waals surface area (Å²) < 4.78 is 26.5. The van der Waals surface area contributed by atoms with Crippen LogP contribution in [-0.2, 0) is 9.59 Å². The molecule has 6 heteroatoms. The van der Waals surface area contributed by atoms with Crippen LogP contribution in [0.4, 0.5) is 14.5 Å². The topological polar surface area (TPSA) is 66.4 Å². The van der Waals surface area contributed by atoms with E-state index in [0.717, 1.165) is 12.1 Å². The van der Waals surface area contributed by atoms with E-state index in [1.54, 1.807) is 0 Å². The number of para-hydroxylation sites is 1. The van der Waals surface area contributed by atoms with E-state index >= 15 is 0 Å². The fourth-order valence-corrected chi connectivity index (χ4v) is 1.30. The molecular weight excluding hydrogens is 244 g/mol. The molecule has 1 amide bonds. The molecular formula is C12H13F2NO3. The highest BCUT2D eigenvalue weighted by molar-refractivity contribution is 5.94. The number of benzene rings is 1. The fourth-order valence-electron chi connectivity index (χ4n) is 1.30. The van der Waals surface area contributed by atoms with Gasteiger partial charge in [0.25, 0.3) is 0 Å². The van der Waals surface area contributed by atoms with E-state index < -0.39 is 41.0 Å². The molecule has 1 aromatic carbocycles. The maximum atomic E-state index is 13.3. The van der Waals surface area contributed by atoms with Crippen molar-refractivity contribution in [3.05, 3.63) is 29.8 Å². The van der Waals surface area contributed by atoms with Crippen LogP contribution in [0.15, 0.2) is 18.2 Å². The van der Waals surface area contributed by atoms with Crippen LogP contribution in [0.5, 0.6) is 0 Å². The molecule has 0 saturated carbocycles. The second kappa shape index (κ2) is 5.57. The number of aliphatic carboxylic acids is 1. The summed E-state index contributed by atoms with van der Waals surface area (Å²) in [6, 6.07) is 3.18. The quantitative estimate of drug-likeness (QED) is 0.869. The van der Waals surface area contributed by atoms with E-state index in [9.17, 15) is 18.4 Å². The summed E-state index contributed by atoms with van der Waals surface area (Å²) in [5.74, 6) is -5.54. The molecule has 1 rings (SSSR count). The van der Waals surface area contributed by atoms with Gasteiger partial charge in [0, 0.05) is 5.92 Å². The van der Waals surface area contributed by atoms with Gasteiger partial charge in [0.15, 0.2) is 0 Å². The number of rotatable bonds is 4. The van der Waals surface area contributed by atoms with Gasteiger partial charge in [0.05, 0.1) is 5.92 Å². The molecule has 1 aromatic rings. The largest absolute Gasteiger partial charge is 0.481 e. The van der Waals surface area contributed by atoms with Gasteiger partial charge < -0.3 is 10.4 Å². The molecule has 0 heterocycles. The predicted molar refractivity (Wildman–Crippen MR) is 61.0 cm³/mol. The molecule has 2 unspecified atom stereocenters. The summed E-state index contributed by atoms with van der Waals surface area (Å²) in [6.07, 6.45) is 0. The molecule has 0 aliphatic heterocycles. The lowest BCUT2D eigenvalue weighted by Gasteiger charge is -2.16. The van der Waals surface area contributed by atoms with Crippen LogP contribution in [0.2, 0.25) is 0 Å². The van der Waals surface area contributed by atoms with Crippen molar-refractivity contribution in [1.29, 1.82) is 0 Å². The molecule has 0 radical (unpaired) electrons. The number of anilines is 1. The van der Waals surface area contributed by atoms with Crippen LogP contribution in [-0.4, -0.2) is 17.0 Å². The number of carboxylic acids is 1. The summed E-state index contributed by atoms with van der Waals surface area (Å²) >= 11 is 0. The van der Waals surface area contributed by atoms with Crippen molar-refractivity contribution in [2.75, 3.05) is 5.32 Å². The van der Waals surface area contributed by atoms with Crippen molar-refractivity contribution in [2.45, 2.75) is 13.8 Å². The Kier molecular flexibility index (Phi) is 4.36. The van der Waals surface area contributed by atoms with Gasteiger partial charge in [0.1, 0.15) is 17.3 Å². The van der Waals surface area contributed by atoms with E-state index in [1.807, 2.05) is 0 Å². The predicted octanol–water partition coefficient (Wildman–Crippen LogP) is 2.26. The van der Waals surface area contributed by atoms with E-state index in [1.165, 1.54) is 19.9 Å². The third kappa shape index (κ3) is 3.03. The number of hydrogen-bond donors (Lipinski definition) is 2. The SMILES string of the molecule is CC(C(=O)O)C(C)C(=O)Nc1c(F)cccc1F. The molecule has 0 spiro atoms. The van der Waals surface area contributed by atoms with Crippen LogP contribution >= 0.6 is 0 Å². The average Bonchev–Trinajstić information content (AvgIpc) is 2.31. The minimum atomic E-state index is -1.15. The summed E-state index contributed by atoms with van der Waals surface area (Å²) in [4.78, 5) is 22.4. The molecule has 98 valence electrons. The first-order valence-corrected chi connectivity index (χ1v) is 5.32. The smallest absolute Gasteiger partial charge is 0.307 e. The van der Waals surface area contributed by atoms with Crippen LogP contribution in [0.1, 0.15) is 13.8 Å². The number of carbonyl (C=O) groups excluding carboxylic acids is 1. The molecule has 0 bridgehead atoms. The van der Waals surface area contributed by atoms with E-state index in [4.69, 9.17) is 5.11 Å². The third-order valence-electron chi connectivity index (χ3n) is 2.76. The number of halogens is 2. The van der Waals surface area contributed by atoms with Crippen molar-refractivity contribution in [1.82, 2.24) is 0 Å². The lowest BCUT2D eigenvalue weighted by Crippen LogP contribution is -2.30. The minimum absolute atomic E-state index is 0.563. The van der Waals surface area contributed by atoms with Gasteiger partial charge in [0.2, 0.25) is 5.91 Å². The van der Waals surface area contributed by atoms with Gasteiger partial charge >= 0.3 is 5.97 Å². The fraction of sp³-hybridized carbons (Fsp3) is 0.333. The maximum Gasteiger partial charge on any atom is 0.307 e. The molecule has 0 aliphatic rings. The number of amides is 1. The van der Waals surface area contributed by atoms with E-state index in [2.05, 4.69) is 5.32 Å². The number of hydrogen-bond acceptors (Lipinski definition) is 2. The second-order valence-corrected chi connectivity index (χ2v) is 4.00. The summed E-state index contributed by atoms with van der Waals surface area (Å²) in [6.45, 7) is 2.73. The molecule has 0 aromatic heterocycles. The lowest BCUT2D eigenvalue weighted by molar-refractivity contribution is -0.145. The standard InChI is InChI=1S/C12H13F2NO3/c1-6(7(2)12(17)18)11(16)15-10-8(13)4-3-5-9(10)14/h3-7H,1-2H3,(H,15,16)(H,17,18). The highest BCUT2D eigenvalue weighted by atomic mass is 19.1. The summed E-state index contributed by atoms with van der Waals surface area (Å²) in [5.41, 5.74) is -0.563. The highest BCUT2D eigenvalue weighted by Gasteiger charge is 2.26. The second-order valence-electron chi connectivity index (χ2n) is 4.00. The van der Waals surface area contributed by atoms with Crippen molar-refractivity contribution < 1.29 is 23.5 Å². The molecule has 18 heavy (non-hydrogen) atoms. The van der Waals surface area contributed by atoms with Gasteiger partial charge in [-0.2, -0.15) is 0 Å². The maximum absolute atomic E-state index is 13.3. The van der Waals surface area contributed by atoms with Crippen molar-refractivity contribution in [3.8, 4) is 0 Å². The number of carbonyl (C=O) groups is 2. The Hall–Kier alpha value is -1.98. The van der Waals surface area contributed by atoms with Crippen LogP contribution < -0.4 is 5.32 Å². The zero-order valence-corrected chi connectivity index (χ0v) is 9.91. The van der Waals surface area contributed by atoms with Gasteiger partial charge in [-0.3, -0.25) is 9.59 Å². The first kappa shape index (κ1) is 14.1. The highest BCUT2D eigenvalue weighted by Crippen LogP contribution is 2.20. The van der Waals surface area contributed by atoms with E-state index in [0.29, 0.717) is 0 Å². The zero-order chi connectivity index (χ0) is 13.9. The number of nitrogens with one attached hydrogen (secondary N) is 1. The van der Waals surface area contributed by atoms with E-state index in [-0.39, 0.29) is 0 Å². The molecule has 0 saturated heterocycles. The Morgan fingerprint density at radius 1 is 1.17 bits per heavy atom. The summed E-state index contributed by atoms with van der Waals surface area (Å²) in [5, 5.41) is 10.8. The monoisotopic (exact) mass is 257 g/mol. The first-order valence-electron chi connectivity index (χ1n) is 5.32. The molecule has 0 aliphatic carbocycles. The minimum Gasteiger partial charge on any atom is -0.481 e. The van der Waals surface area contributed by atoms with Crippen LogP contribution in [0.25, 0.3) is 0 Å². The first-order chi connectivity index (χ1) is 8.34. The van der Waals surface area contributed by atoms with Crippen molar-refractivity contribution >= 4 is 17.6 Å². The Morgan fingerprint density at radius 2 is 1.67 bits per heavy atom. The molecule has 0 fully saturated rings. The van der Waals surface area contributed by atoms with Crippen LogP contribution in [0, 0.1) is 23.5 Å². The summed E-state index contributed by atoms with van der Waals surface area (Å²) in [7, 11) is 0. The third-order valence-corrected chi connectivity index (χ3v) is 2.76. The van der Waals surface area contributed by atoms with Gasteiger partial charge in [-0.05, 0) is 12.1 Å². The van der Waals surface area contributed by atoms with Crippen molar-refractivity contribution in [2.24, 2.45) is 11.8 Å². The normalized spacial score (nSPS) is 13.8. The van der Waals surface area contributed by atoms with Gasteiger partial charge in [-0.1, -0.05) is 19.9 Å². The van der Waals surface area contributed by atoms with Crippen LogP contribution in [0.3, 0.4) is 0 Å². The number of carboxylic acid groups (broad SMARTS) is 1. The lowest BCUT2D eigenvalue weighted by atomic mass is 9.95. The zero-order valence-electron chi connectivity index (χ0n) is 9.91. The van der Waals surface area contributed by atoms with Crippen molar-refractivity contribution in [3.63, 3.8) is 0 Å². The van der Waals surface area contributed by atoms with Gasteiger partial charge in [-0.15, -0.1) is 0 Å². The Labute approximate surface area is 103 Å². The Morgan fingerprint density at radius 3 is 2.11 bits per heavy atom. The Balaban J connectivity index is 2.85. The molecule has 2 atom stereocenters. The van der Waals surface area contributed by atoms with Gasteiger partial charge in [-0.25, -0.2) is 8.78 Å². The molecule has 4 nitrogen and oxygen atoms in total.